The summed E-state index contributed by atoms with van der Waals surface area (Å²) in [5, 5.41) is 12.4. The van der Waals surface area contributed by atoms with Crippen LogP contribution in [0.25, 0.3) is 114 Å². The number of fused-ring (bicyclic) bond motifs is 13. The molecule has 0 radical (unpaired) electrons. The molecule has 0 N–H and O–H groups in total. The minimum Gasteiger partial charge on any atom is -0.304 e. The van der Waals surface area contributed by atoms with E-state index in [9.17, 15) is 0 Å². The Morgan fingerprint density at radius 2 is 1.05 bits per heavy atom. The molecule has 0 aliphatic rings. The van der Waals surface area contributed by atoms with Crippen LogP contribution in [0.3, 0.4) is 0 Å². The van der Waals surface area contributed by atoms with Gasteiger partial charge in [0, 0.05) is 42.8 Å². The summed E-state index contributed by atoms with van der Waals surface area (Å²) in [7, 11) is 0. The normalized spacial score (nSPS) is 11.9. The maximum absolute atomic E-state index is 5.41. The Kier molecular flexibility index (Phi) is 6.80. The Morgan fingerprint density at radius 3 is 1.84 bits per heavy atom. The summed E-state index contributed by atoms with van der Waals surface area (Å²) in [5.41, 5.74) is 8.67. The Labute approximate surface area is 326 Å². The van der Waals surface area contributed by atoms with E-state index < -0.39 is 0 Å². The highest BCUT2D eigenvalue weighted by Crippen LogP contribution is 2.51. The fraction of sp³-hybridized carbons (Fsp3) is 0. The Balaban J connectivity index is 1.33. The van der Waals surface area contributed by atoms with Crippen molar-refractivity contribution in [3.8, 4) is 39.5 Å². The van der Waals surface area contributed by atoms with Gasteiger partial charge in [-0.1, -0.05) is 164 Å². The monoisotopic (exact) mass is 729 g/mol. The standard InChI is InChI=1S/C52H31N3S/c1-3-16-33(17-4-1)48-44(31-53-52(54-48)34-18-5-2-6-19-34)55-49-40-24-12-10-22-38(40)37-21-9-11-23-39(37)46(49)43-30-42(36-28-27-32-15-7-8-20-35(32)29-36)47-41-25-13-14-26-45(41)56-51(47)50(43)55/h1-31H. The van der Waals surface area contributed by atoms with Crippen LogP contribution in [0.4, 0.5) is 0 Å². The van der Waals surface area contributed by atoms with Gasteiger partial charge in [-0.05, 0) is 56.3 Å². The van der Waals surface area contributed by atoms with Crippen LogP contribution in [0.5, 0.6) is 0 Å². The lowest BCUT2D eigenvalue weighted by Crippen LogP contribution is -2.03. The molecule has 0 aliphatic carbocycles. The Morgan fingerprint density at radius 1 is 0.429 bits per heavy atom. The predicted molar refractivity (Wildman–Crippen MR) is 238 cm³/mol. The minimum absolute atomic E-state index is 0.704. The first kappa shape index (κ1) is 31.2. The first-order valence-electron chi connectivity index (χ1n) is 19.0. The summed E-state index contributed by atoms with van der Waals surface area (Å²) >= 11 is 1.88. The number of benzene rings is 9. The quantitative estimate of drug-likeness (QED) is 0.169. The lowest BCUT2D eigenvalue weighted by Gasteiger charge is -2.16. The maximum Gasteiger partial charge on any atom is 0.159 e. The van der Waals surface area contributed by atoms with E-state index in [2.05, 4.69) is 175 Å². The first-order chi connectivity index (χ1) is 27.8. The predicted octanol–water partition coefficient (Wildman–Crippen LogP) is 14.4. The molecule has 12 rings (SSSR count). The molecule has 56 heavy (non-hydrogen) atoms. The molecule has 3 nitrogen and oxygen atoms in total. The lowest BCUT2D eigenvalue weighted by molar-refractivity contribution is 1.09. The second-order valence-corrected chi connectivity index (χ2v) is 15.5. The van der Waals surface area contributed by atoms with Gasteiger partial charge in [0.25, 0.3) is 0 Å². The van der Waals surface area contributed by atoms with E-state index in [1.807, 2.05) is 29.5 Å². The molecule has 3 aromatic heterocycles. The number of hydrogen-bond acceptors (Lipinski definition) is 3. The summed E-state index contributed by atoms with van der Waals surface area (Å²) < 4.78 is 5.02. The molecule has 12 aromatic rings. The molecule has 0 aliphatic heterocycles. The van der Waals surface area contributed by atoms with Gasteiger partial charge < -0.3 is 4.57 Å². The van der Waals surface area contributed by atoms with Gasteiger partial charge in [-0.25, -0.2) is 9.97 Å². The van der Waals surface area contributed by atoms with Crippen LogP contribution in [0.1, 0.15) is 0 Å². The van der Waals surface area contributed by atoms with Crippen LogP contribution >= 0.6 is 11.3 Å². The molecule has 4 heteroatoms. The third-order valence-electron chi connectivity index (χ3n) is 11.4. The van der Waals surface area contributed by atoms with Crippen LogP contribution in [0.15, 0.2) is 188 Å². The van der Waals surface area contributed by atoms with Crippen molar-refractivity contribution in [2.45, 2.75) is 0 Å². The van der Waals surface area contributed by atoms with Gasteiger partial charge in [-0.15, -0.1) is 11.3 Å². The van der Waals surface area contributed by atoms with Gasteiger partial charge in [0.15, 0.2) is 5.82 Å². The molecule has 260 valence electrons. The van der Waals surface area contributed by atoms with Crippen molar-refractivity contribution < 1.29 is 0 Å². The second-order valence-electron chi connectivity index (χ2n) is 14.5. The third kappa shape index (κ3) is 4.57. The van der Waals surface area contributed by atoms with Crippen molar-refractivity contribution in [3.63, 3.8) is 0 Å². The third-order valence-corrected chi connectivity index (χ3v) is 12.6. The van der Waals surface area contributed by atoms with Gasteiger partial charge in [0.05, 0.1) is 33.3 Å². The Bertz CT molecular complexity index is 3530. The molecule has 0 unspecified atom stereocenters. The largest absolute Gasteiger partial charge is 0.304 e. The van der Waals surface area contributed by atoms with Gasteiger partial charge in [-0.3, -0.25) is 0 Å². The molecule has 0 spiro atoms. The minimum atomic E-state index is 0.704. The maximum atomic E-state index is 5.41. The van der Waals surface area contributed by atoms with Crippen LogP contribution in [0.2, 0.25) is 0 Å². The molecular weight excluding hydrogens is 699 g/mol. The van der Waals surface area contributed by atoms with E-state index in [1.54, 1.807) is 0 Å². The smallest absolute Gasteiger partial charge is 0.159 e. The van der Waals surface area contributed by atoms with Crippen molar-refractivity contribution in [1.29, 1.82) is 0 Å². The average molecular weight is 730 g/mol. The van der Waals surface area contributed by atoms with Crippen LogP contribution < -0.4 is 0 Å². The van der Waals surface area contributed by atoms with E-state index in [-0.39, 0.29) is 0 Å². The Hall–Kier alpha value is -7.14. The highest BCUT2D eigenvalue weighted by molar-refractivity contribution is 7.26. The average Bonchev–Trinajstić information content (AvgIpc) is 3.83. The highest BCUT2D eigenvalue weighted by Gasteiger charge is 2.26. The number of aromatic nitrogens is 3. The lowest BCUT2D eigenvalue weighted by atomic mass is 9.93. The molecule has 3 heterocycles. The molecule has 0 saturated heterocycles. The highest BCUT2D eigenvalue weighted by atomic mass is 32.1. The number of thiophene rings is 1. The summed E-state index contributed by atoms with van der Waals surface area (Å²) in [6.07, 6.45) is 2.05. The van der Waals surface area contributed by atoms with Gasteiger partial charge in [0.2, 0.25) is 0 Å². The zero-order valence-electron chi connectivity index (χ0n) is 30.1. The summed E-state index contributed by atoms with van der Waals surface area (Å²) in [4.78, 5) is 10.5. The van der Waals surface area contributed by atoms with Crippen molar-refractivity contribution >= 4 is 85.6 Å². The van der Waals surface area contributed by atoms with E-state index >= 15 is 0 Å². The van der Waals surface area contributed by atoms with Crippen molar-refractivity contribution in [3.05, 3.63) is 188 Å². The van der Waals surface area contributed by atoms with Crippen LogP contribution in [-0.4, -0.2) is 14.5 Å². The van der Waals surface area contributed by atoms with Gasteiger partial charge >= 0.3 is 0 Å². The number of nitrogens with zero attached hydrogens (tertiary/aromatic N) is 3. The van der Waals surface area contributed by atoms with Crippen LogP contribution in [0, 0.1) is 0 Å². The zero-order valence-corrected chi connectivity index (χ0v) is 31.0. The van der Waals surface area contributed by atoms with E-state index in [4.69, 9.17) is 9.97 Å². The molecular formula is C52H31N3S. The van der Waals surface area contributed by atoms with Gasteiger partial charge in [-0.2, -0.15) is 0 Å². The molecule has 0 amide bonds. The van der Waals surface area contributed by atoms with Gasteiger partial charge in [0.1, 0.15) is 0 Å². The van der Waals surface area contributed by atoms with Crippen molar-refractivity contribution in [2.24, 2.45) is 0 Å². The summed E-state index contributed by atoms with van der Waals surface area (Å²) in [5.74, 6) is 0.704. The van der Waals surface area contributed by atoms with Crippen molar-refractivity contribution in [2.75, 3.05) is 0 Å². The van der Waals surface area contributed by atoms with Crippen molar-refractivity contribution in [1.82, 2.24) is 14.5 Å². The SMILES string of the molecule is c1ccc(-c2ncc(-n3c4c(cc(-c5ccc6ccccc6c5)c5c6ccccc6sc54)c4c5ccccc5c5ccccc5c43)c(-c3ccccc3)n2)cc1. The first-order valence-corrected chi connectivity index (χ1v) is 19.8. The van der Waals surface area contributed by atoms with Crippen LogP contribution in [-0.2, 0) is 0 Å². The van der Waals surface area contributed by atoms with E-state index in [0.717, 1.165) is 28.0 Å². The fourth-order valence-corrected chi connectivity index (χ4v) is 10.2. The van der Waals surface area contributed by atoms with E-state index in [0.29, 0.717) is 5.82 Å². The molecule has 0 bridgehead atoms. The molecule has 0 atom stereocenters. The second kappa shape index (κ2) is 12.2. The molecule has 9 aromatic carbocycles. The fourth-order valence-electron chi connectivity index (χ4n) is 8.94. The molecule has 0 saturated carbocycles. The topological polar surface area (TPSA) is 30.7 Å². The summed E-state index contributed by atoms with van der Waals surface area (Å²) in [6.45, 7) is 0. The number of rotatable bonds is 4. The van der Waals surface area contributed by atoms with E-state index in [1.165, 1.54) is 79.9 Å². The zero-order chi connectivity index (χ0) is 36.7. The molecule has 0 fully saturated rings. The number of hydrogen-bond donors (Lipinski definition) is 0. The summed E-state index contributed by atoms with van der Waals surface area (Å²) in [6, 6.07) is 65.6.